The van der Waals surface area contributed by atoms with Gasteiger partial charge in [-0.25, -0.2) is 9.37 Å². The molecule has 1 atom stereocenters. The third-order valence-electron chi connectivity index (χ3n) is 7.88. The Morgan fingerprint density at radius 2 is 1.76 bits per heavy atom. The number of fused-ring (bicyclic) bond motifs is 1. The quantitative estimate of drug-likeness (QED) is 0.409. The Balaban J connectivity index is 1.43. The predicted molar refractivity (Wildman–Crippen MR) is 142 cm³/mol. The second-order valence-electron chi connectivity index (χ2n) is 10.8. The number of hydrogen-bond donors (Lipinski definition) is 2. The molecule has 2 N–H and O–H groups in total. The van der Waals surface area contributed by atoms with Gasteiger partial charge in [0.1, 0.15) is 11.5 Å². The predicted octanol–water partition coefficient (Wildman–Crippen LogP) is 5.26. The molecule has 2 amide bonds. The smallest absolute Gasteiger partial charge is 0.269 e. The average Bonchev–Trinajstić information content (AvgIpc) is 3.87. The van der Waals surface area contributed by atoms with E-state index in [0.29, 0.717) is 60.3 Å². The molecule has 3 aromatic rings. The molecule has 2 aliphatic carbocycles. The van der Waals surface area contributed by atoms with Gasteiger partial charge in [-0.15, -0.1) is 0 Å². The van der Waals surface area contributed by atoms with Crippen LogP contribution in [0.1, 0.15) is 66.2 Å². The number of aliphatic hydroxyl groups is 1. The Morgan fingerprint density at radius 1 is 1.00 bits per heavy atom. The van der Waals surface area contributed by atoms with Crippen LogP contribution in [0.3, 0.4) is 0 Å². The summed E-state index contributed by atoms with van der Waals surface area (Å²) in [5.41, 5.74) is 4.61. The number of rotatable bonds is 9. The van der Waals surface area contributed by atoms with Gasteiger partial charge >= 0.3 is 0 Å². The topological polar surface area (TPSA) is 82.5 Å². The van der Waals surface area contributed by atoms with Crippen LogP contribution in [0.4, 0.5) is 4.39 Å². The third kappa shape index (κ3) is 5.07. The second kappa shape index (κ2) is 10.3. The first-order chi connectivity index (χ1) is 18.5. The molecule has 0 bridgehead atoms. The maximum Gasteiger partial charge on any atom is 0.269 e. The molecule has 38 heavy (non-hydrogen) atoms. The van der Waals surface area contributed by atoms with Gasteiger partial charge < -0.3 is 15.3 Å². The lowest BCUT2D eigenvalue weighted by Crippen LogP contribution is -2.30. The molecular weight excluding hydrogens is 481 g/mol. The van der Waals surface area contributed by atoms with Crippen molar-refractivity contribution in [2.75, 3.05) is 13.2 Å². The van der Waals surface area contributed by atoms with E-state index in [0.717, 1.165) is 42.4 Å². The molecule has 7 heteroatoms. The summed E-state index contributed by atoms with van der Waals surface area (Å²) in [4.78, 5) is 33.1. The van der Waals surface area contributed by atoms with E-state index in [4.69, 9.17) is 4.98 Å². The Labute approximate surface area is 221 Å². The summed E-state index contributed by atoms with van der Waals surface area (Å²) >= 11 is 0. The zero-order valence-corrected chi connectivity index (χ0v) is 21.3. The van der Waals surface area contributed by atoms with Crippen molar-refractivity contribution in [2.45, 2.75) is 51.1 Å². The van der Waals surface area contributed by atoms with E-state index in [9.17, 15) is 19.1 Å². The molecule has 6 nitrogen and oxygen atoms in total. The van der Waals surface area contributed by atoms with Crippen LogP contribution in [-0.4, -0.2) is 40.0 Å². The van der Waals surface area contributed by atoms with Crippen LogP contribution < -0.4 is 5.32 Å². The zero-order valence-electron chi connectivity index (χ0n) is 21.3. The normalized spacial score (nSPS) is 18.4. The number of carbonyl (C=O) groups is 2. The molecule has 0 radical (unpaired) electrons. The fraction of sp³-hybridized carbons (Fsp3) is 0.387. The Bertz CT molecular complexity index is 1380. The highest BCUT2D eigenvalue weighted by Crippen LogP contribution is 2.44. The molecule has 0 unspecified atom stereocenters. The summed E-state index contributed by atoms with van der Waals surface area (Å²) in [6.45, 7) is 0.946. The van der Waals surface area contributed by atoms with Crippen molar-refractivity contribution in [3.63, 3.8) is 0 Å². The lowest BCUT2D eigenvalue weighted by atomic mass is 9.93. The van der Waals surface area contributed by atoms with Gasteiger partial charge in [0.15, 0.2) is 0 Å². The van der Waals surface area contributed by atoms with E-state index in [-0.39, 0.29) is 30.3 Å². The highest BCUT2D eigenvalue weighted by atomic mass is 19.1. The van der Waals surface area contributed by atoms with Gasteiger partial charge in [-0.2, -0.15) is 0 Å². The maximum atomic E-state index is 14.6. The highest BCUT2D eigenvalue weighted by Gasteiger charge is 2.38. The third-order valence-corrected chi connectivity index (χ3v) is 7.88. The van der Waals surface area contributed by atoms with E-state index in [2.05, 4.69) is 5.32 Å². The summed E-state index contributed by atoms with van der Waals surface area (Å²) in [5.74, 6) is 0.515. The number of nitrogens with zero attached hydrogens (tertiary/aromatic N) is 2. The molecule has 196 valence electrons. The number of halogens is 1. The van der Waals surface area contributed by atoms with Crippen LogP contribution in [0, 0.1) is 17.7 Å². The number of carbonyl (C=O) groups excluding carboxylic acids is 2. The molecule has 0 saturated heterocycles. The Hall–Kier alpha value is -3.58. The summed E-state index contributed by atoms with van der Waals surface area (Å²) < 4.78 is 14.6. The van der Waals surface area contributed by atoms with Crippen LogP contribution in [-0.2, 0) is 11.3 Å². The fourth-order valence-electron chi connectivity index (χ4n) is 5.45. The molecule has 0 spiro atoms. The molecule has 6 rings (SSSR count). The first-order valence-corrected chi connectivity index (χ1v) is 13.6. The molecule has 1 aliphatic heterocycles. The van der Waals surface area contributed by atoms with Gasteiger partial charge in [-0.1, -0.05) is 36.4 Å². The minimum absolute atomic E-state index is 0.0738. The maximum absolute atomic E-state index is 14.6. The van der Waals surface area contributed by atoms with Crippen molar-refractivity contribution in [3.05, 3.63) is 77.2 Å². The standard InChI is InChI=1S/C31H32FN3O3/c32-25-7-2-1-6-24(25)21-4-3-5-22(15-21)30-29-23(16-26(34-30)31(38)33-17-20-10-11-20)18-35(27(29)12-13-36)28(37)14-19-8-9-19/h1-7,15-16,19-20,27,36H,8-14,17-18H2,(H,33,38)/t27-/m0/s1. The van der Waals surface area contributed by atoms with Gasteiger partial charge in [-0.05, 0) is 73.3 Å². The first-order valence-electron chi connectivity index (χ1n) is 13.6. The summed E-state index contributed by atoms with van der Waals surface area (Å²) in [6.07, 6.45) is 5.32. The number of nitrogens with one attached hydrogen (secondary N) is 1. The number of benzene rings is 2. The van der Waals surface area contributed by atoms with Crippen LogP contribution in [0.25, 0.3) is 22.4 Å². The van der Waals surface area contributed by atoms with Crippen molar-refractivity contribution in [2.24, 2.45) is 11.8 Å². The van der Waals surface area contributed by atoms with Crippen molar-refractivity contribution >= 4 is 11.8 Å². The van der Waals surface area contributed by atoms with Crippen molar-refractivity contribution in [3.8, 4) is 22.4 Å². The van der Waals surface area contributed by atoms with Crippen LogP contribution >= 0.6 is 0 Å². The first kappa shape index (κ1) is 24.7. The molecule has 1 aromatic heterocycles. The summed E-state index contributed by atoms with van der Waals surface area (Å²) in [6, 6.07) is 15.6. The lowest BCUT2D eigenvalue weighted by molar-refractivity contribution is -0.134. The molecule has 2 fully saturated rings. The van der Waals surface area contributed by atoms with Gasteiger partial charge in [0, 0.05) is 42.8 Å². The average molecular weight is 514 g/mol. The van der Waals surface area contributed by atoms with Crippen molar-refractivity contribution in [1.29, 1.82) is 0 Å². The number of pyridine rings is 1. The lowest BCUT2D eigenvalue weighted by Gasteiger charge is -2.26. The van der Waals surface area contributed by atoms with Crippen LogP contribution in [0.15, 0.2) is 54.6 Å². The molecule has 3 aliphatic rings. The molecule has 2 aromatic carbocycles. The van der Waals surface area contributed by atoms with Gasteiger partial charge in [0.05, 0.1) is 11.7 Å². The molecule has 2 saturated carbocycles. The van der Waals surface area contributed by atoms with E-state index < -0.39 is 0 Å². The minimum Gasteiger partial charge on any atom is -0.396 e. The van der Waals surface area contributed by atoms with Gasteiger partial charge in [-0.3, -0.25) is 9.59 Å². The van der Waals surface area contributed by atoms with Crippen molar-refractivity contribution < 1.29 is 19.1 Å². The van der Waals surface area contributed by atoms with Crippen LogP contribution in [0.2, 0.25) is 0 Å². The van der Waals surface area contributed by atoms with E-state index in [1.807, 2.05) is 29.2 Å². The second-order valence-corrected chi connectivity index (χ2v) is 10.8. The van der Waals surface area contributed by atoms with Gasteiger partial charge in [0.25, 0.3) is 5.91 Å². The molecular formula is C31H32FN3O3. The number of amides is 2. The molecule has 2 heterocycles. The zero-order chi connectivity index (χ0) is 26.2. The monoisotopic (exact) mass is 513 g/mol. The van der Waals surface area contributed by atoms with Crippen LogP contribution in [0.5, 0.6) is 0 Å². The Kier molecular flexibility index (Phi) is 6.70. The van der Waals surface area contributed by atoms with E-state index >= 15 is 0 Å². The SMILES string of the molecule is O=C(NCC1CC1)c1cc2c(c(-c3cccc(-c4ccccc4F)c3)n1)[C@H](CCO)N(C(=O)CC1CC1)C2. The number of aliphatic hydroxyl groups excluding tert-OH is 1. The number of aromatic nitrogens is 1. The van der Waals surface area contributed by atoms with E-state index in [1.54, 1.807) is 24.3 Å². The van der Waals surface area contributed by atoms with Gasteiger partial charge in [0.2, 0.25) is 5.91 Å². The Morgan fingerprint density at radius 3 is 2.50 bits per heavy atom. The summed E-state index contributed by atoms with van der Waals surface area (Å²) in [5, 5.41) is 12.9. The summed E-state index contributed by atoms with van der Waals surface area (Å²) in [7, 11) is 0. The fourth-order valence-corrected chi connectivity index (χ4v) is 5.45. The minimum atomic E-state index is -0.329. The highest BCUT2D eigenvalue weighted by molar-refractivity contribution is 5.94. The van der Waals surface area contributed by atoms with E-state index in [1.165, 1.54) is 6.07 Å². The largest absolute Gasteiger partial charge is 0.396 e. The number of hydrogen-bond acceptors (Lipinski definition) is 4. The van der Waals surface area contributed by atoms with Crippen molar-refractivity contribution in [1.82, 2.24) is 15.2 Å².